The summed E-state index contributed by atoms with van der Waals surface area (Å²) >= 11 is 0. The molecule has 1 aliphatic heterocycles. The maximum atomic E-state index is 7.12. The molecular formula is C9H12BNO2. The minimum absolute atomic E-state index is 0.750. The van der Waals surface area contributed by atoms with Gasteiger partial charge in [0.25, 0.3) is 0 Å². The quantitative estimate of drug-likeness (QED) is 0.488. The zero-order valence-electron chi connectivity index (χ0n) is 7.33. The van der Waals surface area contributed by atoms with Crippen molar-refractivity contribution in [2.75, 3.05) is 11.9 Å². The highest BCUT2D eigenvalue weighted by Gasteiger charge is 2.30. The highest BCUT2D eigenvalue weighted by atomic mass is 16.4. The second-order valence-corrected chi connectivity index (χ2v) is 3.30. The van der Waals surface area contributed by atoms with Crippen LogP contribution in [0.1, 0.15) is 17.0 Å². The Morgan fingerprint density at radius 1 is 1.38 bits per heavy atom. The predicted octanol–water partition coefficient (Wildman–Crippen LogP) is -0.0107. The molecule has 1 aromatic carbocycles. The maximum Gasteiger partial charge on any atom is 0.432 e. The largest absolute Gasteiger partial charge is 0.432 e. The Morgan fingerprint density at radius 3 is 2.77 bits per heavy atom. The van der Waals surface area contributed by atoms with E-state index in [4.69, 9.17) is 10.0 Å². The first-order valence-electron chi connectivity index (χ1n) is 4.44. The second-order valence-electron chi connectivity index (χ2n) is 3.30. The third-order valence-electron chi connectivity index (χ3n) is 2.61. The standard InChI is InChI=1S/C9H9N.BH3O2/c1-2-6-4-7-5-10-9(6)8(7)3-1;2-1-3/h1-3,7,10H,4-5H2;1-3H. The van der Waals surface area contributed by atoms with E-state index in [1.54, 1.807) is 5.56 Å². The van der Waals surface area contributed by atoms with Crippen LogP contribution in [0.25, 0.3) is 0 Å². The van der Waals surface area contributed by atoms with Gasteiger partial charge in [-0.2, -0.15) is 0 Å². The number of hydrogen-bond acceptors (Lipinski definition) is 3. The van der Waals surface area contributed by atoms with Crippen LogP contribution in [0.5, 0.6) is 0 Å². The molecule has 2 aliphatic rings. The van der Waals surface area contributed by atoms with Crippen molar-refractivity contribution >= 4 is 13.4 Å². The lowest BCUT2D eigenvalue weighted by Gasteiger charge is -2.08. The first-order chi connectivity index (χ1) is 6.36. The molecule has 1 aliphatic carbocycles. The van der Waals surface area contributed by atoms with Gasteiger partial charge in [0.1, 0.15) is 0 Å². The molecule has 1 atom stereocenters. The number of para-hydroxylation sites is 1. The summed E-state index contributed by atoms with van der Waals surface area (Å²) in [5, 5.41) is 17.7. The molecular weight excluding hydrogens is 165 g/mol. The summed E-state index contributed by atoms with van der Waals surface area (Å²) in [6.07, 6.45) is 1.28. The molecule has 0 amide bonds. The van der Waals surface area contributed by atoms with E-state index < -0.39 is 7.69 Å². The van der Waals surface area contributed by atoms with Gasteiger partial charge in [0.05, 0.1) is 0 Å². The molecule has 0 radical (unpaired) electrons. The smallest absolute Gasteiger partial charge is 0.430 e. The molecule has 68 valence electrons. The van der Waals surface area contributed by atoms with E-state index in [1.807, 2.05) is 0 Å². The van der Waals surface area contributed by atoms with Crippen molar-refractivity contribution in [3.05, 3.63) is 29.3 Å². The number of rotatable bonds is 0. The van der Waals surface area contributed by atoms with Gasteiger partial charge in [0.2, 0.25) is 0 Å². The Morgan fingerprint density at radius 2 is 2.15 bits per heavy atom. The Kier molecular flexibility index (Phi) is 2.25. The van der Waals surface area contributed by atoms with Crippen molar-refractivity contribution in [1.29, 1.82) is 0 Å². The first-order valence-corrected chi connectivity index (χ1v) is 4.44. The molecule has 3 rings (SSSR count). The summed E-state index contributed by atoms with van der Waals surface area (Å²) in [4.78, 5) is 0. The van der Waals surface area contributed by atoms with E-state index in [9.17, 15) is 0 Å². The lowest BCUT2D eigenvalue weighted by Crippen LogP contribution is -2.08. The highest BCUT2D eigenvalue weighted by Crippen LogP contribution is 2.43. The number of nitrogens with one attached hydrogen (secondary N) is 1. The van der Waals surface area contributed by atoms with E-state index >= 15 is 0 Å². The lowest BCUT2D eigenvalue weighted by molar-refractivity contribution is 0.448. The fourth-order valence-electron chi connectivity index (χ4n) is 2.13. The molecule has 1 unspecified atom stereocenters. The molecule has 3 nitrogen and oxygen atoms in total. The van der Waals surface area contributed by atoms with Crippen LogP contribution in [0, 0.1) is 0 Å². The first kappa shape index (κ1) is 8.60. The number of anilines is 1. The van der Waals surface area contributed by atoms with Crippen LogP contribution in [0.4, 0.5) is 5.69 Å². The van der Waals surface area contributed by atoms with Gasteiger partial charge in [-0.05, 0) is 17.5 Å². The van der Waals surface area contributed by atoms with Crippen molar-refractivity contribution in [2.24, 2.45) is 0 Å². The Hall–Kier alpha value is -0.995. The third kappa shape index (κ3) is 1.32. The molecule has 13 heavy (non-hydrogen) atoms. The minimum Gasteiger partial charge on any atom is -0.430 e. The Labute approximate surface area is 77.7 Å². The zero-order chi connectivity index (χ0) is 9.26. The zero-order valence-corrected chi connectivity index (χ0v) is 7.33. The predicted molar refractivity (Wildman–Crippen MR) is 53.0 cm³/mol. The summed E-state index contributed by atoms with van der Waals surface area (Å²) in [5.41, 5.74) is 4.51. The van der Waals surface area contributed by atoms with Crippen molar-refractivity contribution < 1.29 is 10.0 Å². The Bertz CT molecular complexity index is 316. The van der Waals surface area contributed by atoms with Crippen LogP contribution < -0.4 is 5.32 Å². The molecule has 0 saturated carbocycles. The topological polar surface area (TPSA) is 52.5 Å². The molecule has 1 aromatic rings. The summed E-state index contributed by atoms with van der Waals surface area (Å²) < 4.78 is 0. The van der Waals surface area contributed by atoms with Crippen LogP contribution in [-0.2, 0) is 6.42 Å². The summed E-state index contributed by atoms with van der Waals surface area (Å²) in [5.74, 6) is 0.806. The fourth-order valence-corrected chi connectivity index (χ4v) is 2.13. The number of hydrogen-bond donors (Lipinski definition) is 3. The summed E-state index contributed by atoms with van der Waals surface area (Å²) in [6.45, 7) is 1.17. The molecule has 3 N–H and O–H groups in total. The van der Waals surface area contributed by atoms with Crippen LogP contribution >= 0.6 is 0 Å². The van der Waals surface area contributed by atoms with Gasteiger partial charge in [0, 0.05) is 18.2 Å². The van der Waals surface area contributed by atoms with Gasteiger partial charge < -0.3 is 15.4 Å². The average Bonchev–Trinajstić information content (AvgIpc) is 2.61. The van der Waals surface area contributed by atoms with E-state index in [0.717, 1.165) is 5.92 Å². The van der Waals surface area contributed by atoms with Gasteiger partial charge in [-0.3, -0.25) is 0 Å². The van der Waals surface area contributed by atoms with Gasteiger partial charge in [-0.15, -0.1) is 0 Å². The Balaban J connectivity index is 0.000000196. The molecule has 0 aromatic heterocycles. The van der Waals surface area contributed by atoms with E-state index in [-0.39, 0.29) is 0 Å². The summed E-state index contributed by atoms with van der Waals surface area (Å²) in [6, 6.07) is 6.64. The second kappa shape index (κ2) is 3.40. The van der Waals surface area contributed by atoms with Crippen LogP contribution in [0.3, 0.4) is 0 Å². The van der Waals surface area contributed by atoms with Gasteiger partial charge in [-0.1, -0.05) is 18.2 Å². The molecule has 4 heteroatoms. The van der Waals surface area contributed by atoms with Crippen molar-refractivity contribution in [3.63, 3.8) is 0 Å². The van der Waals surface area contributed by atoms with E-state index in [2.05, 4.69) is 23.5 Å². The highest BCUT2D eigenvalue weighted by molar-refractivity contribution is 6.13. The minimum atomic E-state index is -0.750. The van der Waals surface area contributed by atoms with Crippen LogP contribution in [-0.4, -0.2) is 24.3 Å². The molecule has 1 heterocycles. The van der Waals surface area contributed by atoms with E-state index in [0.29, 0.717) is 0 Å². The van der Waals surface area contributed by atoms with Gasteiger partial charge in [-0.25, -0.2) is 0 Å². The lowest BCUT2D eigenvalue weighted by atomic mass is 10.1. The van der Waals surface area contributed by atoms with Crippen molar-refractivity contribution in [3.8, 4) is 0 Å². The maximum absolute atomic E-state index is 7.12. The SMILES string of the molecule is OBO.c1cc2c3c(c1)C(CN3)C2. The molecule has 0 spiro atoms. The average molecular weight is 177 g/mol. The fraction of sp³-hybridized carbons (Fsp3) is 0.333. The van der Waals surface area contributed by atoms with Gasteiger partial charge in [0.15, 0.2) is 0 Å². The van der Waals surface area contributed by atoms with Crippen molar-refractivity contribution in [1.82, 2.24) is 0 Å². The monoisotopic (exact) mass is 177 g/mol. The summed E-state index contributed by atoms with van der Waals surface area (Å²) in [7, 11) is -0.750. The van der Waals surface area contributed by atoms with Crippen molar-refractivity contribution in [2.45, 2.75) is 12.3 Å². The molecule has 0 saturated heterocycles. The van der Waals surface area contributed by atoms with Crippen LogP contribution in [0.2, 0.25) is 0 Å². The number of benzene rings is 1. The molecule has 4 bridgehead atoms. The van der Waals surface area contributed by atoms with Gasteiger partial charge >= 0.3 is 7.69 Å². The third-order valence-corrected chi connectivity index (χ3v) is 2.61. The van der Waals surface area contributed by atoms with E-state index in [1.165, 1.54) is 24.2 Å². The molecule has 0 fully saturated rings. The normalized spacial score (nSPS) is 20.3. The van der Waals surface area contributed by atoms with Crippen LogP contribution in [0.15, 0.2) is 18.2 Å².